The van der Waals surface area contributed by atoms with E-state index >= 15 is 0 Å². The minimum absolute atomic E-state index is 0.0458. The number of methoxy groups -OCH3 is 1. The zero-order valence-corrected chi connectivity index (χ0v) is 19.5. The number of benzene rings is 2. The number of carbonyl (C=O) groups is 1. The van der Waals surface area contributed by atoms with Gasteiger partial charge in [-0.3, -0.25) is 4.79 Å². The number of sulfonamides is 1. The van der Waals surface area contributed by atoms with Crippen molar-refractivity contribution in [3.63, 3.8) is 0 Å². The van der Waals surface area contributed by atoms with Gasteiger partial charge in [-0.2, -0.15) is 4.31 Å². The van der Waals surface area contributed by atoms with Crippen LogP contribution < -0.4 is 9.47 Å². The molecule has 3 aromatic rings. The number of nitrogens with zero attached hydrogens (tertiary/aromatic N) is 2. The fraction of sp³-hybridized carbons (Fsp3) is 0.273. The van der Waals surface area contributed by atoms with Gasteiger partial charge >= 0.3 is 5.97 Å². The predicted molar refractivity (Wildman–Crippen MR) is 120 cm³/mol. The second-order valence-corrected chi connectivity index (χ2v) is 10.5. The maximum Gasteiger partial charge on any atom is 0.322 e. The van der Waals surface area contributed by atoms with Crippen molar-refractivity contribution in [2.24, 2.45) is 0 Å². The van der Waals surface area contributed by atoms with Gasteiger partial charge in [0.1, 0.15) is 29.2 Å². The van der Waals surface area contributed by atoms with Crippen LogP contribution in [0, 0.1) is 11.6 Å². The third kappa shape index (κ3) is 5.03. The van der Waals surface area contributed by atoms with Crippen molar-refractivity contribution in [3.05, 3.63) is 64.1 Å². The Hall–Kier alpha value is -3.09. The van der Waals surface area contributed by atoms with Gasteiger partial charge in [-0.15, -0.1) is 11.3 Å². The molecule has 1 aliphatic heterocycles. The topological polar surface area (TPSA) is 106 Å². The van der Waals surface area contributed by atoms with Crippen molar-refractivity contribution in [3.8, 4) is 22.6 Å². The minimum atomic E-state index is -3.63. The smallest absolute Gasteiger partial charge is 0.322 e. The predicted octanol–water partition coefficient (Wildman–Crippen LogP) is 3.66. The van der Waals surface area contributed by atoms with E-state index in [0.717, 1.165) is 16.4 Å². The Morgan fingerprint density at radius 1 is 1.24 bits per heavy atom. The highest BCUT2D eigenvalue weighted by Crippen LogP contribution is 2.33. The van der Waals surface area contributed by atoms with Gasteiger partial charge in [0.2, 0.25) is 10.0 Å². The minimum Gasteiger partial charge on any atom is -0.496 e. The van der Waals surface area contributed by atoms with Crippen LogP contribution in [0.4, 0.5) is 8.78 Å². The summed E-state index contributed by atoms with van der Waals surface area (Å²) in [6.45, 7) is 0.00811. The molecule has 0 bridgehead atoms. The molecule has 0 unspecified atom stereocenters. The highest BCUT2D eigenvalue weighted by Gasteiger charge is 2.41. The molecule has 0 aliphatic carbocycles. The Kier molecular flexibility index (Phi) is 6.82. The van der Waals surface area contributed by atoms with Crippen LogP contribution in [0.25, 0.3) is 11.1 Å². The lowest BCUT2D eigenvalue weighted by Crippen LogP contribution is -2.38. The van der Waals surface area contributed by atoms with E-state index in [1.54, 1.807) is 29.6 Å². The third-order valence-corrected chi connectivity index (χ3v) is 8.05. The molecule has 1 N–H and O–H groups in total. The molecule has 0 radical (unpaired) electrons. The van der Waals surface area contributed by atoms with Crippen LogP contribution in [0.1, 0.15) is 17.1 Å². The van der Waals surface area contributed by atoms with Crippen LogP contribution in [0.3, 0.4) is 0 Å². The molecular weight excluding hydrogens is 490 g/mol. The van der Waals surface area contributed by atoms with Crippen molar-refractivity contribution in [2.45, 2.75) is 25.6 Å². The number of thiazole rings is 1. The first-order chi connectivity index (χ1) is 16.2. The van der Waals surface area contributed by atoms with Gasteiger partial charge in [-0.1, -0.05) is 12.1 Å². The normalized spacial score (nSPS) is 17.6. The summed E-state index contributed by atoms with van der Waals surface area (Å²) >= 11 is 1.27. The van der Waals surface area contributed by atoms with E-state index in [1.165, 1.54) is 18.4 Å². The fourth-order valence-electron chi connectivity index (χ4n) is 3.62. The number of ether oxygens (including phenoxy) is 2. The van der Waals surface area contributed by atoms with Gasteiger partial charge in [-0.25, -0.2) is 22.2 Å². The Morgan fingerprint density at radius 2 is 1.94 bits per heavy atom. The molecule has 180 valence electrons. The Morgan fingerprint density at radius 3 is 2.62 bits per heavy atom. The van der Waals surface area contributed by atoms with Gasteiger partial charge in [0.15, 0.2) is 11.6 Å². The van der Waals surface area contributed by atoms with Crippen LogP contribution in [-0.4, -0.2) is 47.7 Å². The van der Waals surface area contributed by atoms with Crippen molar-refractivity contribution in [1.82, 2.24) is 9.29 Å². The largest absolute Gasteiger partial charge is 0.496 e. The average molecular weight is 511 g/mol. The van der Waals surface area contributed by atoms with Crippen LogP contribution in [0.5, 0.6) is 11.5 Å². The van der Waals surface area contributed by atoms with E-state index in [1.807, 2.05) is 0 Å². The zero-order valence-electron chi connectivity index (χ0n) is 17.9. The number of hydrogen-bond donors (Lipinski definition) is 1. The first-order valence-corrected chi connectivity index (χ1v) is 12.6. The Labute approximate surface area is 198 Å². The van der Waals surface area contributed by atoms with Gasteiger partial charge in [0.25, 0.3) is 0 Å². The van der Waals surface area contributed by atoms with Gasteiger partial charge in [0.05, 0.1) is 25.1 Å². The Balaban J connectivity index is 1.41. The van der Waals surface area contributed by atoms with Gasteiger partial charge in [-0.05, 0) is 30.2 Å². The molecule has 0 spiro atoms. The number of halogens is 2. The molecule has 1 fully saturated rings. The fourth-order valence-corrected chi connectivity index (χ4v) is 5.98. The molecule has 34 heavy (non-hydrogen) atoms. The lowest BCUT2D eigenvalue weighted by molar-refractivity contribution is -0.141. The number of rotatable bonds is 8. The molecule has 0 saturated carbocycles. The van der Waals surface area contributed by atoms with Crippen LogP contribution >= 0.6 is 11.3 Å². The highest BCUT2D eigenvalue weighted by molar-refractivity contribution is 7.89. The van der Waals surface area contributed by atoms with Crippen molar-refractivity contribution in [2.75, 3.05) is 12.9 Å². The maximum absolute atomic E-state index is 13.7. The maximum atomic E-state index is 13.7. The number of aromatic nitrogens is 1. The van der Waals surface area contributed by atoms with Gasteiger partial charge < -0.3 is 14.6 Å². The molecule has 4 rings (SSSR count). The summed E-state index contributed by atoms with van der Waals surface area (Å²) in [7, 11) is -2.26. The van der Waals surface area contributed by atoms with Crippen molar-refractivity contribution < 1.29 is 36.6 Å². The molecule has 1 aromatic heterocycles. The summed E-state index contributed by atoms with van der Waals surface area (Å²) in [4.78, 5) is 15.7. The molecule has 0 amide bonds. The van der Waals surface area contributed by atoms with E-state index in [9.17, 15) is 27.1 Å². The highest BCUT2D eigenvalue weighted by atomic mass is 32.2. The third-order valence-electron chi connectivity index (χ3n) is 5.33. The number of carboxylic acids is 1. The van der Waals surface area contributed by atoms with E-state index in [-0.39, 0.29) is 31.1 Å². The average Bonchev–Trinajstić information content (AvgIpc) is 3.38. The SMILES string of the molecule is COc1cc(F)c(F)cc1-c1ccc(OCc2nc(CN3[C@H](C(=O)O)CCS3(=O)=O)cs2)cc1. The first-order valence-electron chi connectivity index (χ1n) is 10.1. The molecule has 2 aromatic carbocycles. The van der Waals surface area contributed by atoms with E-state index < -0.39 is 33.7 Å². The molecule has 2 heterocycles. The van der Waals surface area contributed by atoms with Crippen molar-refractivity contribution in [1.29, 1.82) is 0 Å². The van der Waals surface area contributed by atoms with Crippen LogP contribution in [0.15, 0.2) is 41.8 Å². The van der Waals surface area contributed by atoms with Crippen LogP contribution in [0.2, 0.25) is 0 Å². The van der Waals surface area contributed by atoms with E-state index in [4.69, 9.17) is 9.47 Å². The molecule has 8 nitrogen and oxygen atoms in total. The summed E-state index contributed by atoms with van der Waals surface area (Å²) < 4.78 is 63.3. The monoisotopic (exact) mass is 510 g/mol. The number of aliphatic carboxylic acids is 1. The first kappa shape index (κ1) is 24.0. The molecule has 1 saturated heterocycles. The zero-order chi connectivity index (χ0) is 24.5. The summed E-state index contributed by atoms with van der Waals surface area (Å²) in [5.74, 6) is -2.64. The summed E-state index contributed by atoms with van der Waals surface area (Å²) in [5.41, 5.74) is 1.45. The second kappa shape index (κ2) is 9.65. The molecule has 1 atom stereocenters. The standard InChI is InChI=1S/C22H20F2N2O6S2/c1-31-20-9-18(24)17(23)8-16(20)13-2-4-15(5-3-13)32-11-21-25-14(12-33-21)10-26-19(22(27)28)6-7-34(26,29)30/h2-5,8-9,12,19H,6-7,10-11H2,1H3,(H,27,28)/t19-/m0/s1. The number of hydrogen-bond acceptors (Lipinski definition) is 7. The number of carboxylic acid groups (broad SMARTS) is 1. The lowest BCUT2D eigenvalue weighted by Gasteiger charge is -2.18. The van der Waals surface area contributed by atoms with Gasteiger partial charge in [0, 0.05) is 17.0 Å². The Bertz CT molecular complexity index is 1310. The van der Waals surface area contributed by atoms with E-state index in [2.05, 4.69) is 4.98 Å². The molecular formula is C22H20F2N2O6S2. The molecule has 12 heteroatoms. The van der Waals surface area contributed by atoms with Crippen molar-refractivity contribution >= 4 is 27.3 Å². The summed E-state index contributed by atoms with van der Waals surface area (Å²) in [5, 5.41) is 11.5. The summed E-state index contributed by atoms with van der Waals surface area (Å²) in [6, 6.07) is 7.66. The lowest BCUT2D eigenvalue weighted by atomic mass is 10.0. The second-order valence-electron chi connectivity index (χ2n) is 7.52. The summed E-state index contributed by atoms with van der Waals surface area (Å²) in [6.07, 6.45) is 0.0458. The quantitative estimate of drug-likeness (QED) is 0.493. The molecule has 1 aliphatic rings. The van der Waals surface area contributed by atoms with Crippen LogP contribution in [-0.2, 0) is 28.0 Å². The van der Waals surface area contributed by atoms with E-state index in [0.29, 0.717) is 27.6 Å².